The largest absolute Gasteiger partial charge is 0.310 e. The monoisotopic (exact) mass is 913 g/mol. The second-order valence-electron chi connectivity index (χ2n) is 21.0. The van der Waals surface area contributed by atoms with E-state index in [4.69, 9.17) is 0 Å². The van der Waals surface area contributed by atoms with Crippen LogP contribution in [0.5, 0.6) is 0 Å². The van der Waals surface area contributed by atoms with Crippen molar-refractivity contribution < 1.29 is 0 Å². The van der Waals surface area contributed by atoms with Gasteiger partial charge in [0.05, 0.1) is 10.8 Å². The van der Waals surface area contributed by atoms with E-state index >= 15 is 0 Å². The molecule has 2 spiro atoms. The van der Waals surface area contributed by atoms with E-state index in [0.29, 0.717) is 0 Å². The predicted octanol–water partition coefficient (Wildman–Crippen LogP) is 17.8. The fourth-order valence-corrected chi connectivity index (χ4v) is 14.6. The molecule has 1 heteroatoms. The van der Waals surface area contributed by atoms with Crippen molar-refractivity contribution in [3.63, 3.8) is 0 Å². The Balaban J connectivity index is 0.949. The lowest BCUT2D eigenvalue weighted by Crippen LogP contribution is -2.26. The third-order valence-corrected chi connectivity index (χ3v) is 17.5. The normalized spacial score (nSPS) is 15.1. The molecule has 11 aromatic rings. The molecule has 0 fully saturated rings. The zero-order chi connectivity index (χ0) is 47.5. The first-order valence-electron chi connectivity index (χ1n) is 25.5. The highest BCUT2D eigenvalue weighted by Crippen LogP contribution is 2.65. The molecular weight excluding hydrogens is 867 g/mol. The molecular formula is C71H47N. The van der Waals surface area contributed by atoms with E-state index in [1.54, 1.807) is 0 Å². The minimum Gasteiger partial charge on any atom is -0.310 e. The first-order chi connectivity index (χ1) is 35.5. The van der Waals surface area contributed by atoms with Crippen LogP contribution in [0.2, 0.25) is 0 Å². The van der Waals surface area contributed by atoms with Gasteiger partial charge in [-0.15, -0.1) is 0 Å². The van der Waals surface area contributed by atoms with E-state index in [1.165, 1.54) is 122 Å². The van der Waals surface area contributed by atoms with Gasteiger partial charge in [-0.2, -0.15) is 0 Å². The van der Waals surface area contributed by atoms with E-state index in [0.717, 1.165) is 17.1 Å². The number of fused-ring (bicyclic) bond motifs is 23. The van der Waals surface area contributed by atoms with E-state index in [1.807, 2.05) is 0 Å². The highest BCUT2D eigenvalue weighted by Gasteiger charge is 2.53. The molecule has 0 amide bonds. The smallest absolute Gasteiger partial charge is 0.0726 e. The second-order valence-corrected chi connectivity index (χ2v) is 21.0. The molecule has 0 heterocycles. The van der Waals surface area contributed by atoms with Gasteiger partial charge in [0.1, 0.15) is 0 Å². The first kappa shape index (κ1) is 40.0. The van der Waals surface area contributed by atoms with E-state index in [9.17, 15) is 0 Å². The molecule has 0 N–H and O–H groups in total. The maximum atomic E-state index is 2.55. The Bertz CT molecular complexity index is 3840. The van der Waals surface area contributed by atoms with Crippen LogP contribution in [-0.4, -0.2) is 0 Å². The summed E-state index contributed by atoms with van der Waals surface area (Å²) >= 11 is 0. The Morgan fingerprint density at radius 1 is 0.222 bits per heavy atom. The molecule has 72 heavy (non-hydrogen) atoms. The van der Waals surface area contributed by atoms with Gasteiger partial charge in [-0.25, -0.2) is 0 Å². The zero-order valence-electron chi connectivity index (χ0n) is 40.1. The molecule has 0 bridgehead atoms. The molecule has 5 aliphatic carbocycles. The summed E-state index contributed by atoms with van der Waals surface area (Å²) < 4.78 is 0. The van der Waals surface area contributed by atoms with Gasteiger partial charge in [0, 0.05) is 22.5 Å². The fourth-order valence-electron chi connectivity index (χ4n) is 14.6. The summed E-state index contributed by atoms with van der Waals surface area (Å²) in [4.78, 5) is 2.55. The molecule has 11 aromatic carbocycles. The van der Waals surface area contributed by atoms with Crippen LogP contribution in [-0.2, 0) is 16.2 Å². The molecule has 16 rings (SSSR count). The SMILES string of the molecule is CC1(C)c2ccccc2-c2ccc(-c3cccc(N(c4ccc5c(c4)C4(c6ccccc6-c6ccccc64)c4ccccc4-5)c4ccc5c(c4)C4(c6ccccc6-c6ccccc64)c4ccccc4-5)c3)cc21. The molecule has 5 aliphatic rings. The third kappa shape index (κ3) is 4.88. The minimum absolute atomic E-state index is 0.101. The van der Waals surface area contributed by atoms with Crippen molar-refractivity contribution in [2.45, 2.75) is 30.1 Å². The number of rotatable bonds is 4. The molecule has 0 saturated heterocycles. The van der Waals surface area contributed by atoms with Crippen LogP contribution in [0.25, 0.3) is 66.8 Å². The van der Waals surface area contributed by atoms with Gasteiger partial charge in [0.15, 0.2) is 0 Å². The Kier molecular flexibility index (Phi) is 7.88. The summed E-state index contributed by atoms with van der Waals surface area (Å²) in [6.45, 7) is 4.75. The van der Waals surface area contributed by atoms with Crippen LogP contribution in [0.1, 0.15) is 69.5 Å². The standard InChI is InChI=1S/C71H47N/c1-69(2)59-27-10-3-20-49(59)56-37-34-45(41-66(56)69)44-18-17-19-46(40-44)72(47-35-38-57-54-25-8-15-32-64(54)70(67(57)42-47)60-28-11-4-21-50(60)51-22-5-12-29-61(51)70)48-36-39-58-55-26-9-16-33-65(55)71(68(58)43-48)62-30-13-6-23-52(62)53-24-7-14-31-63(53)71/h3-43H,1-2H3. The van der Waals surface area contributed by atoms with Crippen molar-refractivity contribution >= 4 is 17.1 Å². The van der Waals surface area contributed by atoms with Crippen LogP contribution in [0.15, 0.2) is 249 Å². The Hall–Kier alpha value is -8.78. The number of nitrogens with zero attached hydrogens (tertiary/aromatic N) is 1. The molecule has 0 unspecified atom stereocenters. The summed E-state index contributed by atoms with van der Waals surface area (Å²) in [6, 6.07) is 94.8. The number of hydrogen-bond donors (Lipinski definition) is 0. The van der Waals surface area contributed by atoms with E-state index in [-0.39, 0.29) is 5.41 Å². The van der Waals surface area contributed by atoms with Gasteiger partial charge in [-0.1, -0.05) is 220 Å². The van der Waals surface area contributed by atoms with Gasteiger partial charge in [-0.05, 0) is 165 Å². The van der Waals surface area contributed by atoms with Crippen molar-refractivity contribution in [2.75, 3.05) is 4.90 Å². The Labute approximate surface area is 421 Å². The lowest BCUT2D eigenvalue weighted by molar-refractivity contribution is 0.660. The van der Waals surface area contributed by atoms with Crippen molar-refractivity contribution in [3.8, 4) is 66.8 Å². The molecule has 0 atom stereocenters. The van der Waals surface area contributed by atoms with Crippen LogP contribution in [0, 0.1) is 0 Å². The van der Waals surface area contributed by atoms with Gasteiger partial charge in [-0.3, -0.25) is 0 Å². The van der Waals surface area contributed by atoms with Crippen molar-refractivity contribution in [1.82, 2.24) is 0 Å². The molecule has 0 saturated carbocycles. The average Bonchev–Trinajstić information content (AvgIpc) is 4.17. The number of anilines is 3. The Morgan fingerprint density at radius 3 is 0.944 bits per heavy atom. The average molecular weight is 914 g/mol. The highest BCUT2D eigenvalue weighted by molar-refractivity contribution is 5.99. The number of benzene rings is 11. The van der Waals surface area contributed by atoms with Gasteiger partial charge in [0.2, 0.25) is 0 Å². The summed E-state index contributed by atoms with van der Waals surface area (Å²) in [6.07, 6.45) is 0. The van der Waals surface area contributed by atoms with Crippen LogP contribution in [0.4, 0.5) is 17.1 Å². The zero-order valence-corrected chi connectivity index (χ0v) is 40.1. The van der Waals surface area contributed by atoms with E-state index in [2.05, 4.69) is 267 Å². The van der Waals surface area contributed by atoms with Crippen molar-refractivity contribution in [3.05, 3.63) is 304 Å². The van der Waals surface area contributed by atoms with Gasteiger partial charge < -0.3 is 4.90 Å². The van der Waals surface area contributed by atoms with Crippen molar-refractivity contribution in [2.24, 2.45) is 0 Å². The number of hydrogen-bond acceptors (Lipinski definition) is 1. The summed E-state index contributed by atoms with van der Waals surface area (Å²) in [7, 11) is 0. The predicted molar refractivity (Wildman–Crippen MR) is 297 cm³/mol. The summed E-state index contributed by atoms with van der Waals surface area (Å²) in [5.41, 5.74) is 31.4. The van der Waals surface area contributed by atoms with E-state index < -0.39 is 10.8 Å². The third-order valence-electron chi connectivity index (χ3n) is 17.5. The molecule has 1 nitrogen and oxygen atoms in total. The van der Waals surface area contributed by atoms with Crippen LogP contribution < -0.4 is 4.90 Å². The molecule has 0 aliphatic heterocycles. The lowest BCUT2D eigenvalue weighted by Gasteiger charge is -2.33. The maximum absolute atomic E-state index is 2.55. The summed E-state index contributed by atoms with van der Waals surface area (Å²) in [5, 5.41) is 0. The van der Waals surface area contributed by atoms with Gasteiger partial charge >= 0.3 is 0 Å². The van der Waals surface area contributed by atoms with Crippen LogP contribution in [0.3, 0.4) is 0 Å². The second kappa shape index (κ2) is 14.2. The first-order valence-corrected chi connectivity index (χ1v) is 25.5. The molecule has 0 radical (unpaired) electrons. The maximum Gasteiger partial charge on any atom is 0.0726 e. The van der Waals surface area contributed by atoms with Gasteiger partial charge in [0.25, 0.3) is 0 Å². The molecule has 0 aromatic heterocycles. The topological polar surface area (TPSA) is 3.24 Å². The Morgan fingerprint density at radius 2 is 0.528 bits per heavy atom. The quantitative estimate of drug-likeness (QED) is 0.170. The highest BCUT2D eigenvalue weighted by atomic mass is 15.1. The minimum atomic E-state index is -0.474. The van der Waals surface area contributed by atoms with Crippen molar-refractivity contribution in [1.29, 1.82) is 0 Å². The summed E-state index contributed by atoms with van der Waals surface area (Å²) in [5.74, 6) is 0. The fraction of sp³-hybridized carbons (Fsp3) is 0.0704. The molecule has 336 valence electrons. The van der Waals surface area contributed by atoms with Crippen LogP contribution >= 0.6 is 0 Å². The lowest BCUT2D eigenvalue weighted by atomic mass is 9.70.